The van der Waals surface area contributed by atoms with Crippen molar-refractivity contribution in [2.45, 2.75) is 18.9 Å². The van der Waals surface area contributed by atoms with Crippen molar-refractivity contribution in [1.29, 1.82) is 0 Å². The van der Waals surface area contributed by atoms with Gasteiger partial charge in [0.1, 0.15) is 5.82 Å². The van der Waals surface area contributed by atoms with E-state index < -0.39 is 0 Å². The van der Waals surface area contributed by atoms with Gasteiger partial charge in [0.15, 0.2) is 0 Å². The van der Waals surface area contributed by atoms with E-state index in [0.29, 0.717) is 6.04 Å². The van der Waals surface area contributed by atoms with Crippen LogP contribution in [0.5, 0.6) is 0 Å². The van der Waals surface area contributed by atoms with Crippen molar-refractivity contribution in [2.24, 2.45) is 0 Å². The molecular weight excluding hydrogens is 246 g/mol. The van der Waals surface area contributed by atoms with Gasteiger partial charge < -0.3 is 9.88 Å². The fourth-order valence-corrected chi connectivity index (χ4v) is 2.74. The number of nitrogens with one attached hydrogen (secondary N) is 1. The fourth-order valence-electron chi connectivity index (χ4n) is 2.74. The molecule has 20 heavy (non-hydrogen) atoms. The quantitative estimate of drug-likeness (QED) is 0.771. The van der Waals surface area contributed by atoms with E-state index in [2.05, 4.69) is 58.4 Å². The van der Waals surface area contributed by atoms with Gasteiger partial charge in [-0.15, -0.1) is 0 Å². The number of nitrogens with zero attached hydrogens (tertiary/aromatic N) is 2. The van der Waals surface area contributed by atoms with E-state index in [9.17, 15) is 0 Å². The first-order valence-corrected chi connectivity index (χ1v) is 7.12. The highest BCUT2D eigenvalue weighted by Crippen LogP contribution is 2.41. The Hall–Kier alpha value is -2.29. The van der Waals surface area contributed by atoms with Gasteiger partial charge in [-0.05, 0) is 49.2 Å². The van der Waals surface area contributed by atoms with E-state index in [1.807, 2.05) is 7.05 Å². The van der Waals surface area contributed by atoms with Crippen LogP contribution in [0.3, 0.4) is 0 Å². The third-order valence-corrected chi connectivity index (χ3v) is 3.94. The number of fused-ring (bicyclic) bond motifs is 1. The summed E-state index contributed by atoms with van der Waals surface area (Å²) in [5.74, 6) is 1.09. The van der Waals surface area contributed by atoms with Gasteiger partial charge in [0.2, 0.25) is 0 Å². The number of benzene rings is 2. The zero-order chi connectivity index (χ0) is 13.5. The van der Waals surface area contributed by atoms with Gasteiger partial charge in [-0.3, -0.25) is 0 Å². The number of rotatable bonds is 3. The summed E-state index contributed by atoms with van der Waals surface area (Å²) in [6.07, 6.45) is 2.53. The van der Waals surface area contributed by atoms with E-state index >= 15 is 0 Å². The van der Waals surface area contributed by atoms with Crippen LogP contribution in [0, 0.1) is 0 Å². The number of anilines is 1. The molecule has 100 valence electrons. The average molecular weight is 263 g/mol. The fraction of sp³-hybridized carbons (Fsp3) is 0.235. The van der Waals surface area contributed by atoms with Crippen LogP contribution in [0.25, 0.3) is 22.4 Å². The maximum absolute atomic E-state index is 4.84. The number of hydrogen-bond donors (Lipinski definition) is 1. The van der Waals surface area contributed by atoms with Crippen LogP contribution in [0.2, 0.25) is 0 Å². The largest absolute Gasteiger partial charge is 0.388 e. The Balaban J connectivity index is 1.91. The second kappa shape index (κ2) is 4.37. The molecule has 2 aromatic carbocycles. The van der Waals surface area contributed by atoms with Crippen LogP contribution < -0.4 is 5.32 Å². The molecule has 3 heteroatoms. The number of aromatic nitrogens is 2. The topological polar surface area (TPSA) is 29.9 Å². The highest BCUT2D eigenvalue weighted by Gasteiger charge is 2.28. The Bertz CT molecular complexity index is 752. The van der Waals surface area contributed by atoms with Gasteiger partial charge >= 0.3 is 0 Å². The minimum atomic E-state index is 0.626. The Kier molecular flexibility index (Phi) is 2.52. The van der Waals surface area contributed by atoms with Crippen LogP contribution in [-0.2, 0) is 0 Å². The highest BCUT2D eigenvalue weighted by molar-refractivity contribution is 5.81. The maximum Gasteiger partial charge on any atom is 0.141 e. The van der Waals surface area contributed by atoms with Crippen LogP contribution in [-0.4, -0.2) is 16.6 Å². The van der Waals surface area contributed by atoms with Crippen LogP contribution in [0.4, 0.5) is 5.69 Å². The molecule has 3 aromatic rings. The van der Waals surface area contributed by atoms with Gasteiger partial charge in [0, 0.05) is 24.3 Å². The molecule has 0 atom stereocenters. The molecule has 4 rings (SSSR count). The third kappa shape index (κ3) is 1.78. The molecule has 1 N–H and O–H groups in total. The Labute approximate surface area is 118 Å². The third-order valence-electron chi connectivity index (χ3n) is 3.94. The standard InChI is InChI=1S/C17H17N3/c1-18-13-8-6-12(7-9-13)17-19-15-4-2-3-5-16(15)20(17)14-10-11-14/h2-9,14,18H,10-11H2,1H3. The molecule has 1 fully saturated rings. The zero-order valence-corrected chi connectivity index (χ0v) is 11.5. The van der Waals surface area contributed by atoms with Crippen molar-refractivity contribution >= 4 is 16.7 Å². The van der Waals surface area contributed by atoms with E-state index in [4.69, 9.17) is 4.98 Å². The Morgan fingerprint density at radius 3 is 2.50 bits per heavy atom. The molecule has 0 radical (unpaired) electrons. The van der Waals surface area contributed by atoms with Gasteiger partial charge in [-0.2, -0.15) is 0 Å². The number of hydrogen-bond acceptors (Lipinski definition) is 2. The predicted molar refractivity (Wildman–Crippen MR) is 83.0 cm³/mol. The van der Waals surface area contributed by atoms with Crippen molar-refractivity contribution in [3.63, 3.8) is 0 Å². The predicted octanol–water partition coefficient (Wildman–Crippen LogP) is 4.08. The minimum Gasteiger partial charge on any atom is -0.388 e. The van der Waals surface area contributed by atoms with Crippen molar-refractivity contribution in [1.82, 2.24) is 9.55 Å². The van der Waals surface area contributed by atoms with Gasteiger partial charge in [0.05, 0.1) is 11.0 Å². The summed E-state index contributed by atoms with van der Waals surface area (Å²) in [7, 11) is 1.94. The maximum atomic E-state index is 4.84. The molecule has 0 spiro atoms. The normalized spacial score (nSPS) is 14.7. The van der Waals surface area contributed by atoms with Crippen molar-refractivity contribution in [2.75, 3.05) is 12.4 Å². The smallest absolute Gasteiger partial charge is 0.141 e. The van der Waals surface area contributed by atoms with Crippen LogP contribution >= 0.6 is 0 Å². The monoisotopic (exact) mass is 263 g/mol. The first kappa shape index (κ1) is 11.5. The summed E-state index contributed by atoms with van der Waals surface area (Å²) in [4.78, 5) is 4.84. The van der Waals surface area contributed by atoms with E-state index in [1.165, 1.54) is 23.9 Å². The number of imidazole rings is 1. The molecule has 0 amide bonds. The Morgan fingerprint density at radius 1 is 1.05 bits per heavy atom. The molecular formula is C17H17N3. The van der Waals surface area contributed by atoms with Gasteiger partial charge in [0.25, 0.3) is 0 Å². The zero-order valence-electron chi connectivity index (χ0n) is 11.5. The van der Waals surface area contributed by atoms with E-state index in [-0.39, 0.29) is 0 Å². The van der Waals surface area contributed by atoms with Gasteiger partial charge in [-0.25, -0.2) is 4.98 Å². The molecule has 1 aromatic heterocycles. The molecule has 3 nitrogen and oxygen atoms in total. The van der Waals surface area contributed by atoms with Crippen molar-refractivity contribution in [3.05, 3.63) is 48.5 Å². The lowest BCUT2D eigenvalue weighted by Gasteiger charge is -2.08. The van der Waals surface area contributed by atoms with Gasteiger partial charge in [-0.1, -0.05) is 12.1 Å². The second-order valence-electron chi connectivity index (χ2n) is 5.35. The summed E-state index contributed by atoms with van der Waals surface area (Å²) in [6.45, 7) is 0. The lowest BCUT2D eigenvalue weighted by atomic mass is 10.2. The van der Waals surface area contributed by atoms with Crippen LogP contribution in [0.15, 0.2) is 48.5 Å². The Morgan fingerprint density at radius 2 is 1.80 bits per heavy atom. The minimum absolute atomic E-state index is 0.626. The SMILES string of the molecule is CNc1ccc(-c2nc3ccccc3n2C2CC2)cc1. The first-order valence-electron chi connectivity index (χ1n) is 7.12. The van der Waals surface area contributed by atoms with Crippen LogP contribution in [0.1, 0.15) is 18.9 Å². The van der Waals surface area contributed by atoms with E-state index in [0.717, 1.165) is 17.0 Å². The second-order valence-corrected chi connectivity index (χ2v) is 5.35. The molecule has 1 aliphatic carbocycles. The molecule has 1 saturated carbocycles. The summed E-state index contributed by atoms with van der Waals surface area (Å²) in [6, 6.07) is 17.5. The van der Waals surface area contributed by atoms with Crippen molar-refractivity contribution in [3.8, 4) is 11.4 Å². The summed E-state index contributed by atoms with van der Waals surface area (Å²) in [5, 5.41) is 3.15. The molecule has 0 unspecified atom stereocenters. The molecule has 0 bridgehead atoms. The van der Waals surface area contributed by atoms with Crippen molar-refractivity contribution < 1.29 is 0 Å². The summed E-state index contributed by atoms with van der Waals surface area (Å²) in [5.41, 5.74) is 4.66. The molecule has 0 aliphatic heterocycles. The number of para-hydroxylation sites is 2. The lowest BCUT2D eigenvalue weighted by Crippen LogP contribution is -1.97. The molecule has 0 saturated heterocycles. The molecule has 1 aliphatic rings. The molecule has 1 heterocycles. The summed E-state index contributed by atoms with van der Waals surface area (Å²) < 4.78 is 2.41. The highest BCUT2D eigenvalue weighted by atomic mass is 15.1. The summed E-state index contributed by atoms with van der Waals surface area (Å²) >= 11 is 0. The van der Waals surface area contributed by atoms with E-state index in [1.54, 1.807) is 0 Å². The lowest BCUT2D eigenvalue weighted by molar-refractivity contribution is 0.775. The first-order chi connectivity index (χ1) is 9.86. The average Bonchev–Trinajstić information content (AvgIpc) is 3.27.